The first-order chi connectivity index (χ1) is 13.2. The van der Waals surface area contributed by atoms with Crippen molar-refractivity contribution < 1.29 is 18.7 Å². The number of rotatable bonds is 7. The van der Waals surface area contributed by atoms with E-state index in [1.807, 2.05) is 0 Å². The highest BCUT2D eigenvalue weighted by Crippen LogP contribution is 2.25. The zero-order valence-electron chi connectivity index (χ0n) is 16.8. The van der Waals surface area contributed by atoms with Gasteiger partial charge < -0.3 is 15.3 Å². The molecule has 1 unspecified atom stereocenters. The average Bonchev–Trinajstić information content (AvgIpc) is 3.18. The van der Waals surface area contributed by atoms with Crippen molar-refractivity contribution in [3.8, 4) is 0 Å². The summed E-state index contributed by atoms with van der Waals surface area (Å²) in [5, 5.41) is 14.2. The number of nitrogens with zero attached hydrogens (tertiary/aromatic N) is 2. The van der Waals surface area contributed by atoms with Gasteiger partial charge in [0.1, 0.15) is 0 Å². The third kappa shape index (κ3) is 4.70. The highest BCUT2D eigenvalue weighted by molar-refractivity contribution is 5.86. The third-order valence-electron chi connectivity index (χ3n) is 6.00. The molecule has 2 fully saturated rings. The number of carbonyl (C=O) groups is 1. The first-order valence-corrected chi connectivity index (χ1v) is 10.1. The summed E-state index contributed by atoms with van der Waals surface area (Å²) in [7, 11) is 0. The first kappa shape index (κ1) is 21.1. The van der Waals surface area contributed by atoms with Crippen LogP contribution in [0.2, 0.25) is 0 Å². The molecule has 1 aromatic carbocycles. The largest absolute Gasteiger partial charge is 0.379 e. The van der Waals surface area contributed by atoms with Crippen LogP contribution in [0.1, 0.15) is 45.1 Å². The van der Waals surface area contributed by atoms with Crippen LogP contribution in [0, 0.1) is 11.6 Å². The number of likely N-dealkylation sites (tertiary alicyclic amines) is 2. The summed E-state index contributed by atoms with van der Waals surface area (Å²) < 4.78 is 26.6. The van der Waals surface area contributed by atoms with E-state index in [1.54, 1.807) is 0 Å². The number of benzene rings is 1. The van der Waals surface area contributed by atoms with Gasteiger partial charge in [0.2, 0.25) is 0 Å². The maximum atomic E-state index is 13.4. The Hall–Kier alpha value is -1.57. The lowest BCUT2D eigenvalue weighted by Gasteiger charge is -2.40. The Kier molecular flexibility index (Phi) is 6.37. The number of piperidine rings is 1. The van der Waals surface area contributed by atoms with Gasteiger partial charge in [-0.05, 0) is 70.3 Å². The monoisotopic (exact) mass is 395 g/mol. The maximum Gasteiger partial charge on any atom is 0.256 e. The van der Waals surface area contributed by atoms with Crippen LogP contribution in [0.5, 0.6) is 0 Å². The molecule has 7 heteroatoms. The maximum absolute atomic E-state index is 13.4. The molecule has 1 aromatic rings. The average molecular weight is 395 g/mol. The number of hydrogen-bond acceptors (Lipinski definition) is 4. The number of aliphatic hydroxyl groups is 1. The van der Waals surface area contributed by atoms with Gasteiger partial charge in [-0.3, -0.25) is 9.69 Å². The normalized spacial score (nSPS) is 24.2. The summed E-state index contributed by atoms with van der Waals surface area (Å²) in [6.45, 7) is 8.06. The lowest BCUT2D eigenvalue weighted by Crippen LogP contribution is -2.59. The van der Waals surface area contributed by atoms with Gasteiger partial charge in [0, 0.05) is 31.7 Å². The summed E-state index contributed by atoms with van der Waals surface area (Å²) in [6.07, 6.45) is 3.50. The van der Waals surface area contributed by atoms with Crippen LogP contribution in [0.3, 0.4) is 0 Å². The first-order valence-electron chi connectivity index (χ1n) is 10.1. The molecule has 2 heterocycles. The van der Waals surface area contributed by atoms with Crippen molar-refractivity contribution in [3.05, 3.63) is 35.4 Å². The molecule has 0 saturated carbocycles. The molecular formula is C21H31F2N3O2. The minimum Gasteiger partial charge on any atom is -0.379 e. The zero-order chi connectivity index (χ0) is 20.4. The fourth-order valence-corrected chi connectivity index (χ4v) is 4.25. The van der Waals surface area contributed by atoms with Crippen molar-refractivity contribution in [2.45, 2.75) is 57.2 Å². The van der Waals surface area contributed by atoms with Crippen molar-refractivity contribution >= 4 is 5.91 Å². The molecule has 0 aliphatic carbocycles. The van der Waals surface area contributed by atoms with Crippen LogP contribution in [0.25, 0.3) is 0 Å². The molecule has 1 amide bonds. The predicted molar refractivity (Wildman–Crippen MR) is 104 cm³/mol. The molecule has 28 heavy (non-hydrogen) atoms. The predicted octanol–water partition coefficient (Wildman–Crippen LogP) is 2.28. The van der Waals surface area contributed by atoms with Crippen molar-refractivity contribution in [2.24, 2.45) is 0 Å². The van der Waals surface area contributed by atoms with Gasteiger partial charge in [-0.15, -0.1) is 0 Å². The Bertz CT molecular complexity index is 707. The number of amides is 1. The molecule has 156 valence electrons. The lowest BCUT2D eigenvalue weighted by atomic mass is 9.91. The van der Waals surface area contributed by atoms with Crippen molar-refractivity contribution in [1.82, 2.24) is 15.1 Å². The third-order valence-corrected chi connectivity index (χ3v) is 6.00. The minimum atomic E-state index is -1.46. The van der Waals surface area contributed by atoms with Gasteiger partial charge in [-0.2, -0.15) is 0 Å². The van der Waals surface area contributed by atoms with E-state index in [9.17, 15) is 18.7 Å². The molecule has 3 rings (SSSR count). The van der Waals surface area contributed by atoms with Crippen LogP contribution in [0.15, 0.2) is 18.2 Å². The van der Waals surface area contributed by atoms with Gasteiger partial charge in [0.15, 0.2) is 17.2 Å². The van der Waals surface area contributed by atoms with Crippen molar-refractivity contribution in [1.29, 1.82) is 0 Å². The van der Waals surface area contributed by atoms with E-state index < -0.39 is 17.2 Å². The van der Waals surface area contributed by atoms with Gasteiger partial charge in [-0.25, -0.2) is 8.78 Å². The molecular weight excluding hydrogens is 364 g/mol. The standard InChI is InChI=1S/C21H31F2N3O2/c1-20(2,26-10-3-4-11-26)14-24-15-21(28)8-5-9-25(19(21)27)13-16-6-7-17(22)18(23)12-16/h6-7,12,24,28H,3-5,8-11,13-15H2,1-2H3. The SMILES string of the molecule is CC(C)(CNCC1(O)CCCN(Cc2ccc(F)c(F)c2)C1=O)N1CCCC1. The van der Waals surface area contributed by atoms with Crippen LogP contribution in [0.4, 0.5) is 8.78 Å². The van der Waals surface area contributed by atoms with Gasteiger partial charge in [0.25, 0.3) is 5.91 Å². The van der Waals surface area contributed by atoms with Crippen LogP contribution in [-0.2, 0) is 11.3 Å². The van der Waals surface area contributed by atoms with E-state index in [2.05, 4.69) is 24.1 Å². The Morgan fingerprint density at radius 3 is 2.54 bits per heavy atom. The smallest absolute Gasteiger partial charge is 0.256 e. The molecule has 0 bridgehead atoms. The van der Waals surface area contributed by atoms with E-state index >= 15 is 0 Å². The topological polar surface area (TPSA) is 55.8 Å². The second-order valence-electron chi connectivity index (χ2n) is 8.72. The molecule has 5 nitrogen and oxygen atoms in total. The second kappa shape index (κ2) is 8.43. The molecule has 0 spiro atoms. The number of carbonyl (C=O) groups excluding carboxylic acids is 1. The molecule has 2 aliphatic rings. The number of hydrogen-bond donors (Lipinski definition) is 2. The Morgan fingerprint density at radius 1 is 1.14 bits per heavy atom. The van der Waals surface area contributed by atoms with Crippen molar-refractivity contribution in [3.63, 3.8) is 0 Å². The Morgan fingerprint density at radius 2 is 1.86 bits per heavy atom. The summed E-state index contributed by atoms with van der Waals surface area (Å²) in [6, 6.07) is 3.64. The van der Waals surface area contributed by atoms with Gasteiger partial charge >= 0.3 is 0 Å². The summed E-state index contributed by atoms with van der Waals surface area (Å²) in [5.41, 5.74) is -0.979. The molecule has 0 aromatic heterocycles. The quantitative estimate of drug-likeness (QED) is 0.744. The molecule has 2 saturated heterocycles. The minimum absolute atomic E-state index is 0.0318. The molecule has 0 radical (unpaired) electrons. The summed E-state index contributed by atoms with van der Waals surface area (Å²) in [4.78, 5) is 16.8. The van der Waals surface area contributed by atoms with E-state index in [0.29, 0.717) is 31.5 Å². The van der Waals surface area contributed by atoms with Crippen LogP contribution < -0.4 is 5.32 Å². The Balaban J connectivity index is 1.57. The molecule has 2 aliphatic heterocycles. The highest BCUT2D eigenvalue weighted by atomic mass is 19.2. The van der Waals surface area contributed by atoms with Gasteiger partial charge in [0.05, 0.1) is 0 Å². The van der Waals surface area contributed by atoms with E-state index in [4.69, 9.17) is 0 Å². The van der Waals surface area contributed by atoms with E-state index in [-0.39, 0.29) is 24.5 Å². The molecule has 2 N–H and O–H groups in total. The fraction of sp³-hybridized carbons (Fsp3) is 0.667. The number of halogens is 2. The van der Waals surface area contributed by atoms with E-state index in [0.717, 1.165) is 25.2 Å². The Labute approximate surface area is 165 Å². The lowest BCUT2D eigenvalue weighted by molar-refractivity contribution is -0.157. The molecule has 1 atom stereocenters. The summed E-state index contributed by atoms with van der Waals surface area (Å²) >= 11 is 0. The van der Waals surface area contributed by atoms with Crippen LogP contribution in [-0.4, -0.2) is 64.7 Å². The number of nitrogens with one attached hydrogen (secondary N) is 1. The van der Waals surface area contributed by atoms with Crippen LogP contribution >= 0.6 is 0 Å². The highest BCUT2D eigenvalue weighted by Gasteiger charge is 2.42. The van der Waals surface area contributed by atoms with Gasteiger partial charge in [-0.1, -0.05) is 6.07 Å². The zero-order valence-corrected chi connectivity index (χ0v) is 16.8. The van der Waals surface area contributed by atoms with Crippen molar-refractivity contribution in [2.75, 3.05) is 32.7 Å². The summed E-state index contributed by atoms with van der Waals surface area (Å²) in [5.74, 6) is -2.19. The second-order valence-corrected chi connectivity index (χ2v) is 8.72. The van der Waals surface area contributed by atoms with E-state index in [1.165, 1.54) is 23.8 Å². The fourth-order valence-electron chi connectivity index (χ4n) is 4.25.